The number of aromatic amines is 2. The number of rotatable bonds is 9. The van der Waals surface area contributed by atoms with Gasteiger partial charge in [-0.25, -0.2) is 24.5 Å². The summed E-state index contributed by atoms with van der Waals surface area (Å²) in [4.78, 5) is 76.1. The van der Waals surface area contributed by atoms with Gasteiger partial charge >= 0.3 is 12.2 Å². The Morgan fingerprint density at radius 3 is 2.02 bits per heavy atom. The molecule has 3 aromatic heterocycles. The number of imidazole rings is 2. The maximum absolute atomic E-state index is 13.7. The average Bonchev–Trinajstić information content (AvgIpc) is 4.05. The smallest absolute Gasteiger partial charge is 0.407 e. The monoisotopic (exact) mass is 777 g/mol. The van der Waals surface area contributed by atoms with Crippen LogP contribution < -0.4 is 10.6 Å². The summed E-state index contributed by atoms with van der Waals surface area (Å²) in [7, 11) is 4.03. The highest BCUT2D eigenvalue weighted by Crippen LogP contribution is 2.35. The van der Waals surface area contributed by atoms with E-state index in [2.05, 4.69) is 32.4 Å². The minimum atomic E-state index is -0.913. The summed E-state index contributed by atoms with van der Waals surface area (Å²) in [6.45, 7) is 6.58. The van der Waals surface area contributed by atoms with E-state index in [1.807, 2.05) is 56.3 Å². The molecular formula is C41H47N9O7. The number of ether oxygens (including phenoxy) is 3. The van der Waals surface area contributed by atoms with E-state index < -0.39 is 30.4 Å². The van der Waals surface area contributed by atoms with Gasteiger partial charge in [-0.15, -0.1) is 0 Å². The summed E-state index contributed by atoms with van der Waals surface area (Å²) in [6.07, 6.45) is 1.15. The quantitative estimate of drug-likeness (QED) is 0.150. The molecule has 16 nitrogen and oxygen atoms in total. The molecule has 2 fully saturated rings. The van der Waals surface area contributed by atoms with Gasteiger partial charge in [-0.3, -0.25) is 9.59 Å². The third-order valence-electron chi connectivity index (χ3n) is 10.8. The predicted molar refractivity (Wildman–Crippen MR) is 211 cm³/mol. The zero-order chi connectivity index (χ0) is 40.4. The number of methoxy groups -OCH3 is 3. The van der Waals surface area contributed by atoms with Gasteiger partial charge in [0.2, 0.25) is 11.8 Å². The lowest BCUT2D eigenvalue weighted by atomic mass is 10.0. The molecule has 2 aliphatic rings. The number of nitrogens with zero attached hydrogens (tertiary/aromatic N) is 5. The number of aromatic nitrogens is 5. The topological polar surface area (TPSA) is 197 Å². The first-order valence-corrected chi connectivity index (χ1v) is 19.1. The molecule has 2 saturated heterocycles. The van der Waals surface area contributed by atoms with E-state index in [4.69, 9.17) is 29.2 Å². The molecule has 4 N–H and O–H groups in total. The number of carbonyl (C=O) groups is 4. The lowest BCUT2D eigenvalue weighted by molar-refractivity contribution is -0.137. The number of nitrogens with one attached hydrogen (secondary N) is 4. The Kier molecular flexibility index (Phi) is 11.3. The zero-order valence-electron chi connectivity index (χ0n) is 32.8. The molecule has 0 spiro atoms. The van der Waals surface area contributed by atoms with Crippen LogP contribution in [0.1, 0.15) is 81.4 Å². The van der Waals surface area contributed by atoms with E-state index in [0.717, 1.165) is 58.6 Å². The Morgan fingerprint density at radius 2 is 1.37 bits per heavy atom. The second-order valence-electron chi connectivity index (χ2n) is 14.8. The fourth-order valence-electron chi connectivity index (χ4n) is 7.72. The van der Waals surface area contributed by atoms with Gasteiger partial charge in [0, 0.05) is 31.1 Å². The summed E-state index contributed by atoms with van der Waals surface area (Å²) in [5.41, 5.74) is 4.23. The number of likely N-dealkylation sites (tertiary alicyclic amines) is 2. The van der Waals surface area contributed by atoms with Crippen LogP contribution in [-0.2, 0) is 23.8 Å². The lowest BCUT2D eigenvalue weighted by Gasteiger charge is -2.30. The van der Waals surface area contributed by atoms with Crippen molar-refractivity contribution in [3.63, 3.8) is 0 Å². The molecule has 0 bridgehead atoms. The largest absolute Gasteiger partial charge is 0.453 e. The molecule has 5 atom stereocenters. The van der Waals surface area contributed by atoms with Crippen LogP contribution in [0, 0.1) is 17.8 Å². The van der Waals surface area contributed by atoms with Gasteiger partial charge in [-0.1, -0.05) is 31.9 Å². The molecule has 2 aliphatic heterocycles. The number of carbonyl (C=O) groups excluding carboxylic acids is 4. The number of amides is 4. The van der Waals surface area contributed by atoms with E-state index >= 15 is 0 Å². The van der Waals surface area contributed by atoms with Gasteiger partial charge in [0.25, 0.3) is 0 Å². The highest BCUT2D eigenvalue weighted by molar-refractivity contribution is 6.04. The van der Waals surface area contributed by atoms with Crippen molar-refractivity contribution in [3.8, 4) is 11.8 Å². The summed E-state index contributed by atoms with van der Waals surface area (Å²) in [6, 6.07) is 11.5. The molecule has 0 radical (unpaired) electrons. The van der Waals surface area contributed by atoms with Crippen molar-refractivity contribution in [2.75, 3.05) is 34.4 Å². The van der Waals surface area contributed by atoms with Crippen molar-refractivity contribution >= 4 is 57.0 Å². The standard InChI is InChI=1S/C41H47N9O7/c1-22(2)32(46-40(53)56-5)38(51)49-19-8-10-31(49)37-44-29-18-15-26(42-35(29)48-37)14-11-24-12-16-27-25(21-24)13-17-28-34(27)45-36(43-28)30-9-7-20-50(30)39(52)33(23(3)55-4)47-41(54)57-6/h12-13,15-18,21-23,30-33H,7-10,19-20H2,1-6H3,(H,43,45)(H,46,53)(H,47,54)(H,42,44,48). The first-order chi connectivity index (χ1) is 27.5. The molecule has 4 amide bonds. The number of benzene rings is 2. The highest BCUT2D eigenvalue weighted by Gasteiger charge is 2.40. The normalized spacial score (nSPS) is 18.4. The summed E-state index contributed by atoms with van der Waals surface area (Å²) in [5, 5.41) is 7.21. The Bertz CT molecular complexity index is 2400. The van der Waals surface area contributed by atoms with Crippen molar-refractivity contribution in [2.24, 2.45) is 5.92 Å². The highest BCUT2D eigenvalue weighted by atomic mass is 16.5. The second kappa shape index (κ2) is 16.5. The number of hydrogen-bond donors (Lipinski definition) is 4. The number of H-pyrrole nitrogens is 2. The van der Waals surface area contributed by atoms with E-state index in [0.29, 0.717) is 36.1 Å². The predicted octanol–water partition coefficient (Wildman–Crippen LogP) is 4.85. The van der Waals surface area contributed by atoms with Crippen LogP contribution in [0.3, 0.4) is 0 Å². The van der Waals surface area contributed by atoms with Crippen molar-refractivity contribution in [3.05, 3.63) is 65.4 Å². The molecule has 5 heterocycles. The van der Waals surface area contributed by atoms with Crippen LogP contribution in [0.2, 0.25) is 0 Å². The average molecular weight is 778 g/mol. The van der Waals surface area contributed by atoms with Gasteiger partial charge in [-0.05, 0) is 80.2 Å². The Labute approximate surface area is 329 Å². The number of pyridine rings is 1. The summed E-state index contributed by atoms with van der Waals surface area (Å²) in [5.74, 6) is 7.16. The molecule has 7 rings (SSSR count). The summed E-state index contributed by atoms with van der Waals surface area (Å²) < 4.78 is 14.9. The van der Waals surface area contributed by atoms with Crippen LogP contribution in [-0.4, -0.2) is 111 Å². The second-order valence-corrected chi connectivity index (χ2v) is 14.8. The summed E-state index contributed by atoms with van der Waals surface area (Å²) >= 11 is 0. The molecule has 57 heavy (non-hydrogen) atoms. The van der Waals surface area contributed by atoms with Gasteiger partial charge in [0.05, 0.1) is 49.0 Å². The van der Waals surface area contributed by atoms with E-state index in [9.17, 15) is 19.2 Å². The Hall–Kier alpha value is -6.21. The van der Waals surface area contributed by atoms with Crippen molar-refractivity contribution in [1.29, 1.82) is 0 Å². The SMILES string of the molecule is COC(=O)NC(C(=O)N1CCCC1c1nc2nc(C#Cc3ccc4c(ccc5[nH]c(C6CCCN6C(=O)C(NC(=O)OC)C(C)OC)nc54)c3)ccc2[nH]1)C(C)C. The lowest BCUT2D eigenvalue weighted by Crippen LogP contribution is -2.54. The van der Waals surface area contributed by atoms with Gasteiger partial charge in [0.15, 0.2) is 5.65 Å². The van der Waals surface area contributed by atoms with Crippen molar-refractivity contribution in [1.82, 2.24) is 45.4 Å². The zero-order valence-corrected chi connectivity index (χ0v) is 32.8. The maximum Gasteiger partial charge on any atom is 0.407 e. The molecule has 5 aromatic rings. The Balaban J connectivity index is 1.09. The molecule has 0 saturated carbocycles. The number of hydrogen-bond acceptors (Lipinski definition) is 10. The van der Waals surface area contributed by atoms with Crippen LogP contribution >= 0.6 is 0 Å². The third kappa shape index (κ3) is 7.92. The Morgan fingerprint density at radius 1 is 0.754 bits per heavy atom. The first kappa shape index (κ1) is 39.0. The fourth-order valence-corrected chi connectivity index (χ4v) is 7.72. The minimum Gasteiger partial charge on any atom is -0.453 e. The molecular weight excluding hydrogens is 731 g/mol. The minimum absolute atomic E-state index is 0.131. The number of fused-ring (bicyclic) bond motifs is 4. The van der Waals surface area contributed by atoms with Crippen molar-refractivity contribution in [2.45, 2.75) is 76.7 Å². The van der Waals surface area contributed by atoms with E-state index in [1.54, 1.807) is 16.7 Å². The van der Waals surface area contributed by atoms with Crippen LogP contribution in [0.4, 0.5) is 9.59 Å². The fraction of sp³-hybridized carbons (Fsp3) is 0.439. The van der Waals surface area contributed by atoms with Crippen LogP contribution in [0.25, 0.3) is 33.0 Å². The van der Waals surface area contributed by atoms with E-state index in [-0.39, 0.29) is 29.8 Å². The van der Waals surface area contributed by atoms with Gasteiger partial charge < -0.3 is 44.6 Å². The van der Waals surface area contributed by atoms with Gasteiger partial charge in [0.1, 0.15) is 29.4 Å². The first-order valence-electron chi connectivity index (χ1n) is 19.1. The molecule has 298 valence electrons. The van der Waals surface area contributed by atoms with Crippen molar-refractivity contribution < 1.29 is 33.4 Å². The third-order valence-corrected chi connectivity index (χ3v) is 10.8. The maximum atomic E-state index is 13.7. The van der Waals surface area contributed by atoms with Gasteiger partial charge in [-0.2, -0.15) is 0 Å². The van der Waals surface area contributed by atoms with E-state index in [1.165, 1.54) is 21.3 Å². The number of alkyl carbamates (subject to hydrolysis) is 2. The van der Waals surface area contributed by atoms with Crippen LogP contribution in [0.5, 0.6) is 0 Å². The molecule has 16 heteroatoms. The molecule has 0 aliphatic carbocycles. The molecule has 2 aromatic carbocycles. The van der Waals surface area contributed by atoms with Crippen LogP contribution in [0.15, 0.2) is 42.5 Å². The molecule has 5 unspecified atom stereocenters.